The minimum absolute atomic E-state index is 0.380. The monoisotopic (exact) mass is 219 g/mol. The summed E-state index contributed by atoms with van der Waals surface area (Å²) in [6.07, 6.45) is 5.54. The molecule has 0 fully saturated rings. The van der Waals surface area contributed by atoms with Crippen molar-refractivity contribution < 1.29 is 4.52 Å². The van der Waals surface area contributed by atoms with Crippen molar-refractivity contribution in [3.8, 4) is 23.7 Å². The molecule has 0 radical (unpaired) electrons. The van der Waals surface area contributed by atoms with Crippen molar-refractivity contribution in [2.75, 3.05) is 0 Å². The van der Waals surface area contributed by atoms with Gasteiger partial charge in [0, 0.05) is 17.4 Å². The van der Waals surface area contributed by atoms with Crippen LogP contribution in [0.1, 0.15) is 18.4 Å². The van der Waals surface area contributed by atoms with Gasteiger partial charge in [0.15, 0.2) is 0 Å². The van der Waals surface area contributed by atoms with Crippen LogP contribution in [0.25, 0.3) is 11.4 Å². The van der Waals surface area contributed by atoms with E-state index in [0.717, 1.165) is 5.56 Å². The molecule has 15 heavy (non-hydrogen) atoms. The maximum atomic E-state index is 5.74. The van der Waals surface area contributed by atoms with Crippen LogP contribution in [0, 0.1) is 12.3 Å². The molecule has 0 spiro atoms. The van der Waals surface area contributed by atoms with E-state index in [1.807, 2.05) is 16.8 Å². The number of nitrogens with two attached hydrogens (primary N) is 1. The van der Waals surface area contributed by atoms with Gasteiger partial charge in [0.1, 0.15) is 0 Å². The smallest absolute Gasteiger partial charge is 0.244 e. The van der Waals surface area contributed by atoms with Crippen molar-refractivity contribution in [3.05, 3.63) is 22.7 Å². The number of thiophene rings is 1. The molecule has 2 N–H and O–H groups in total. The second-order valence-corrected chi connectivity index (χ2v) is 3.76. The lowest BCUT2D eigenvalue weighted by atomic mass is 10.2. The summed E-state index contributed by atoms with van der Waals surface area (Å²) in [4.78, 5) is 4.18. The third-order valence-electron chi connectivity index (χ3n) is 1.88. The molecule has 2 heterocycles. The molecule has 2 aromatic rings. The van der Waals surface area contributed by atoms with E-state index in [1.54, 1.807) is 11.3 Å². The Balaban J connectivity index is 2.22. The van der Waals surface area contributed by atoms with Crippen molar-refractivity contribution >= 4 is 11.3 Å². The van der Waals surface area contributed by atoms with Gasteiger partial charge in [-0.05, 0) is 11.4 Å². The average Bonchev–Trinajstić information content (AvgIpc) is 2.89. The zero-order valence-corrected chi connectivity index (χ0v) is 8.70. The highest BCUT2D eigenvalue weighted by molar-refractivity contribution is 7.08. The highest BCUT2D eigenvalue weighted by atomic mass is 32.1. The molecule has 0 bridgehead atoms. The average molecular weight is 219 g/mol. The van der Waals surface area contributed by atoms with Gasteiger partial charge in [-0.25, -0.2) is 0 Å². The molecule has 76 valence electrons. The van der Waals surface area contributed by atoms with Gasteiger partial charge in [0.2, 0.25) is 11.7 Å². The quantitative estimate of drug-likeness (QED) is 0.800. The van der Waals surface area contributed by atoms with Crippen LogP contribution in [0.2, 0.25) is 0 Å². The van der Waals surface area contributed by atoms with E-state index in [9.17, 15) is 0 Å². The van der Waals surface area contributed by atoms with Gasteiger partial charge < -0.3 is 10.3 Å². The standard InChI is InChI=1S/C10H9N3OS/c1-2-3-8(11)10-12-9(13-14-10)7-4-5-15-6-7/h1,4-6,8H,3,11H2. The molecular weight excluding hydrogens is 210 g/mol. The molecule has 1 atom stereocenters. The molecule has 0 aromatic carbocycles. The fraction of sp³-hybridized carbons (Fsp3) is 0.200. The lowest BCUT2D eigenvalue weighted by Gasteiger charge is -1.98. The highest BCUT2D eigenvalue weighted by Crippen LogP contribution is 2.20. The van der Waals surface area contributed by atoms with Crippen molar-refractivity contribution in [1.82, 2.24) is 10.1 Å². The van der Waals surface area contributed by atoms with Gasteiger partial charge in [0.25, 0.3) is 0 Å². The molecule has 4 nitrogen and oxygen atoms in total. The SMILES string of the molecule is C#CCC(N)c1nc(-c2ccsc2)no1. The molecule has 1 unspecified atom stereocenters. The van der Waals surface area contributed by atoms with Gasteiger partial charge in [-0.15, -0.1) is 12.3 Å². The summed E-state index contributed by atoms with van der Waals surface area (Å²) in [6, 6.07) is 1.54. The van der Waals surface area contributed by atoms with E-state index in [4.69, 9.17) is 16.7 Å². The van der Waals surface area contributed by atoms with Crippen LogP contribution in [-0.2, 0) is 0 Å². The first-order valence-electron chi connectivity index (χ1n) is 4.36. The van der Waals surface area contributed by atoms with Gasteiger partial charge in [-0.3, -0.25) is 0 Å². The van der Waals surface area contributed by atoms with Crippen LogP contribution in [-0.4, -0.2) is 10.1 Å². The number of nitrogens with zero attached hydrogens (tertiary/aromatic N) is 2. The van der Waals surface area contributed by atoms with Crippen molar-refractivity contribution in [2.24, 2.45) is 5.73 Å². The normalized spacial score (nSPS) is 12.3. The summed E-state index contributed by atoms with van der Waals surface area (Å²) < 4.78 is 5.03. The molecule has 0 amide bonds. The fourth-order valence-corrected chi connectivity index (χ4v) is 1.74. The minimum atomic E-state index is -0.380. The molecule has 0 aliphatic heterocycles. The van der Waals surface area contributed by atoms with Crippen LogP contribution in [0.4, 0.5) is 0 Å². The molecule has 2 aromatic heterocycles. The van der Waals surface area contributed by atoms with Gasteiger partial charge in [0.05, 0.1) is 6.04 Å². The molecule has 0 saturated carbocycles. The first-order valence-corrected chi connectivity index (χ1v) is 5.30. The number of hydrogen-bond donors (Lipinski definition) is 1. The van der Waals surface area contributed by atoms with Crippen LogP contribution in [0.3, 0.4) is 0 Å². The van der Waals surface area contributed by atoms with Gasteiger partial charge in [-0.1, -0.05) is 5.16 Å². The topological polar surface area (TPSA) is 64.9 Å². The Bertz CT molecular complexity index is 469. The third kappa shape index (κ3) is 2.06. The van der Waals surface area contributed by atoms with Crippen LogP contribution < -0.4 is 5.73 Å². The summed E-state index contributed by atoms with van der Waals surface area (Å²) in [7, 11) is 0. The van der Waals surface area contributed by atoms with Crippen LogP contribution in [0.15, 0.2) is 21.3 Å². The van der Waals surface area contributed by atoms with E-state index in [1.165, 1.54) is 0 Å². The first kappa shape index (κ1) is 9.90. The number of hydrogen-bond acceptors (Lipinski definition) is 5. The van der Waals surface area contributed by atoms with Crippen LogP contribution >= 0.6 is 11.3 Å². The second kappa shape index (κ2) is 4.26. The molecule has 0 saturated heterocycles. The highest BCUT2D eigenvalue weighted by Gasteiger charge is 2.14. The summed E-state index contributed by atoms with van der Waals surface area (Å²) in [6.45, 7) is 0. The Hall–Kier alpha value is -1.64. The van der Waals surface area contributed by atoms with E-state index in [-0.39, 0.29) is 6.04 Å². The van der Waals surface area contributed by atoms with E-state index in [0.29, 0.717) is 18.1 Å². The Morgan fingerprint density at radius 3 is 3.20 bits per heavy atom. The Labute approximate surface area is 91.1 Å². The summed E-state index contributed by atoms with van der Waals surface area (Å²) in [5.74, 6) is 3.40. The molecular formula is C10H9N3OS. The largest absolute Gasteiger partial charge is 0.337 e. The number of terminal acetylenes is 1. The predicted molar refractivity (Wildman–Crippen MR) is 58.0 cm³/mol. The lowest BCUT2D eigenvalue weighted by molar-refractivity contribution is 0.357. The lowest BCUT2D eigenvalue weighted by Crippen LogP contribution is -2.09. The maximum Gasteiger partial charge on any atom is 0.244 e. The molecule has 2 rings (SSSR count). The minimum Gasteiger partial charge on any atom is -0.337 e. The molecule has 0 aliphatic carbocycles. The predicted octanol–water partition coefficient (Wildman–Crippen LogP) is 1.82. The Morgan fingerprint density at radius 1 is 1.67 bits per heavy atom. The zero-order chi connectivity index (χ0) is 10.7. The van der Waals surface area contributed by atoms with E-state index >= 15 is 0 Å². The number of aromatic nitrogens is 2. The molecule has 5 heteroatoms. The van der Waals surface area contributed by atoms with E-state index < -0.39 is 0 Å². The van der Waals surface area contributed by atoms with E-state index in [2.05, 4.69) is 16.1 Å². The fourth-order valence-electron chi connectivity index (χ4n) is 1.11. The first-order chi connectivity index (χ1) is 7.31. The van der Waals surface area contributed by atoms with Crippen LogP contribution in [0.5, 0.6) is 0 Å². The summed E-state index contributed by atoms with van der Waals surface area (Å²) in [5, 5.41) is 7.73. The zero-order valence-electron chi connectivity index (χ0n) is 7.88. The Kier molecular flexibility index (Phi) is 2.81. The van der Waals surface area contributed by atoms with Crippen molar-refractivity contribution in [3.63, 3.8) is 0 Å². The van der Waals surface area contributed by atoms with Gasteiger partial charge in [-0.2, -0.15) is 16.3 Å². The Morgan fingerprint density at radius 2 is 2.53 bits per heavy atom. The number of rotatable bonds is 3. The summed E-state index contributed by atoms with van der Waals surface area (Å²) in [5.41, 5.74) is 6.67. The third-order valence-corrected chi connectivity index (χ3v) is 2.56. The van der Waals surface area contributed by atoms with Crippen molar-refractivity contribution in [1.29, 1.82) is 0 Å². The maximum absolute atomic E-state index is 5.74. The van der Waals surface area contributed by atoms with Gasteiger partial charge >= 0.3 is 0 Å². The second-order valence-electron chi connectivity index (χ2n) is 2.98. The summed E-state index contributed by atoms with van der Waals surface area (Å²) >= 11 is 1.58. The van der Waals surface area contributed by atoms with Crippen molar-refractivity contribution in [2.45, 2.75) is 12.5 Å². The molecule has 0 aliphatic rings.